The first-order valence-corrected chi connectivity index (χ1v) is 4.00. The Morgan fingerprint density at radius 2 is 2.30 bits per heavy atom. The Morgan fingerprint density at radius 1 is 1.60 bits per heavy atom. The molecule has 0 bridgehead atoms. The summed E-state index contributed by atoms with van der Waals surface area (Å²) in [6.45, 7) is 4.74. The van der Waals surface area contributed by atoms with Crippen molar-refractivity contribution < 1.29 is 9.84 Å². The van der Waals surface area contributed by atoms with Gasteiger partial charge in [0.05, 0.1) is 12.2 Å². The fourth-order valence-electron chi connectivity index (χ4n) is 1.47. The van der Waals surface area contributed by atoms with E-state index in [2.05, 4.69) is 6.92 Å². The number of aliphatic hydroxyl groups excluding tert-OH is 1. The van der Waals surface area contributed by atoms with E-state index >= 15 is 0 Å². The standard InChI is InChI=1S/C8H16O2/c1-6-5-8(7(2)9)3-4-10-6/h6-9H,3-5H2,1-2H3/t6-,7-,8-/m0/s1. The van der Waals surface area contributed by atoms with Crippen LogP contribution in [0.3, 0.4) is 0 Å². The van der Waals surface area contributed by atoms with Crippen molar-refractivity contribution in [3.63, 3.8) is 0 Å². The maximum absolute atomic E-state index is 9.24. The minimum atomic E-state index is -0.161. The van der Waals surface area contributed by atoms with Gasteiger partial charge in [-0.2, -0.15) is 0 Å². The van der Waals surface area contributed by atoms with Crippen LogP contribution in [0.4, 0.5) is 0 Å². The molecule has 0 radical (unpaired) electrons. The highest BCUT2D eigenvalue weighted by Crippen LogP contribution is 2.22. The van der Waals surface area contributed by atoms with E-state index in [0.717, 1.165) is 19.4 Å². The molecule has 0 spiro atoms. The SMILES string of the molecule is C[C@H](O)[C@H]1CCO[C@@H](C)C1. The lowest BCUT2D eigenvalue weighted by molar-refractivity contribution is -0.0305. The molecular weight excluding hydrogens is 128 g/mol. The topological polar surface area (TPSA) is 29.5 Å². The Bertz CT molecular complexity index is 101. The fraction of sp³-hybridized carbons (Fsp3) is 1.00. The van der Waals surface area contributed by atoms with E-state index in [4.69, 9.17) is 4.74 Å². The molecule has 1 aliphatic rings. The normalized spacial score (nSPS) is 37.5. The fourth-order valence-corrected chi connectivity index (χ4v) is 1.47. The minimum Gasteiger partial charge on any atom is -0.393 e. The average Bonchev–Trinajstić information content (AvgIpc) is 1.88. The molecule has 0 aromatic heterocycles. The van der Waals surface area contributed by atoms with Crippen molar-refractivity contribution >= 4 is 0 Å². The molecule has 3 atom stereocenters. The second kappa shape index (κ2) is 3.35. The number of hydrogen-bond donors (Lipinski definition) is 1. The molecule has 0 unspecified atom stereocenters. The Kier molecular flexibility index (Phi) is 2.69. The van der Waals surface area contributed by atoms with Crippen LogP contribution in [-0.2, 0) is 4.74 Å². The van der Waals surface area contributed by atoms with Crippen molar-refractivity contribution in [2.75, 3.05) is 6.61 Å². The van der Waals surface area contributed by atoms with Gasteiger partial charge in [0.15, 0.2) is 0 Å². The summed E-state index contributed by atoms with van der Waals surface area (Å²) in [6.07, 6.45) is 2.21. The minimum absolute atomic E-state index is 0.161. The van der Waals surface area contributed by atoms with Gasteiger partial charge in [0.1, 0.15) is 0 Å². The maximum atomic E-state index is 9.24. The van der Waals surface area contributed by atoms with Crippen molar-refractivity contribution in [2.24, 2.45) is 5.92 Å². The molecule has 0 aromatic carbocycles. The molecular formula is C8H16O2. The first-order chi connectivity index (χ1) is 4.70. The third kappa shape index (κ3) is 1.96. The smallest absolute Gasteiger partial charge is 0.0550 e. The first-order valence-electron chi connectivity index (χ1n) is 4.00. The van der Waals surface area contributed by atoms with E-state index in [1.165, 1.54) is 0 Å². The van der Waals surface area contributed by atoms with E-state index in [1.807, 2.05) is 6.92 Å². The molecule has 0 aliphatic carbocycles. The van der Waals surface area contributed by atoms with Gasteiger partial charge in [0, 0.05) is 6.61 Å². The van der Waals surface area contributed by atoms with Crippen LogP contribution >= 0.6 is 0 Å². The highest BCUT2D eigenvalue weighted by Gasteiger charge is 2.22. The molecule has 0 amide bonds. The van der Waals surface area contributed by atoms with Gasteiger partial charge in [-0.15, -0.1) is 0 Å². The molecule has 1 N–H and O–H groups in total. The zero-order chi connectivity index (χ0) is 7.56. The molecule has 1 heterocycles. The molecule has 1 aliphatic heterocycles. The van der Waals surface area contributed by atoms with Gasteiger partial charge >= 0.3 is 0 Å². The van der Waals surface area contributed by atoms with Crippen molar-refractivity contribution in [3.8, 4) is 0 Å². The number of hydrogen-bond acceptors (Lipinski definition) is 2. The summed E-state index contributed by atoms with van der Waals surface area (Å²) in [7, 11) is 0. The van der Waals surface area contributed by atoms with Gasteiger partial charge in [-0.1, -0.05) is 0 Å². The Hall–Kier alpha value is -0.0800. The first kappa shape index (κ1) is 8.02. The van der Waals surface area contributed by atoms with Crippen LogP contribution in [0.1, 0.15) is 26.7 Å². The summed E-state index contributed by atoms with van der Waals surface area (Å²) in [5, 5.41) is 9.24. The average molecular weight is 144 g/mol. The number of rotatable bonds is 1. The number of aliphatic hydroxyl groups is 1. The Balaban J connectivity index is 2.32. The highest BCUT2D eigenvalue weighted by atomic mass is 16.5. The summed E-state index contributed by atoms with van der Waals surface area (Å²) < 4.78 is 5.35. The zero-order valence-corrected chi connectivity index (χ0v) is 6.71. The van der Waals surface area contributed by atoms with Gasteiger partial charge < -0.3 is 9.84 Å². The molecule has 2 heteroatoms. The summed E-state index contributed by atoms with van der Waals surface area (Å²) in [5.74, 6) is 0.462. The van der Waals surface area contributed by atoms with Crippen LogP contribution in [0.2, 0.25) is 0 Å². The third-order valence-corrected chi connectivity index (χ3v) is 2.21. The highest BCUT2D eigenvalue weighted by molar-refractivity contribution is 4.72. The van der Waals surface area contributed by atoms with E-state index in [9.17, 15) is 5.11 Å². The molecule has 1 rings (SSSR count). The Morgan fingerprint density at radius 3 is 2.70 bits per heavy atom. The van der Waals surface area contributed by atoms with Gasteiger partial charge in [0.2, 0.25) is 0 Å². The second-order valence-electron chi connectivity index (χ2n) is 3.21. The Labute approximate surface area is 62.2 Å². The molecule has 0 aromatic rings. The van der Waals surface area contributed by atoms with Crippen LogP contribution in [0, 0.1) is 5.92 Å². The lowest BCUT2D eigenvalue weighted by Gasteiger charge is -2.28. The molecule has 10 heavy (non-hydrogen) atoms. The lowest BCUT2D eigenvalue weighted by Crippen LogP contribution is -2.29. The summed E-state index contributed by atoms with van der Waals surface area (Å²) in [4.78, 5) is 0. The molecule has 1 saturated heterocycles. The van der Waals surface area contributed by atoms with E-state index < -0.39 is 0 Å². The number of ether oxygens (including phenoxy) is 1. The summed E-state index contributed by atoms with van der Waals surface area (Å²) in [5.41, 5.74) is 0. The van der Waals surface area contributed by atoms with E-state index in [1.54, 1.807) is 0 Å². The second-order valence-corrected chi connectivity index (χ2v) is 3.21. The van der Waals surface area contributed by atoms with Crippen LogP contribution < -0.4 is 0 Å². The van der Waals surface area contributed by atoms with Crippen LogP contribution in [-0.4, -0.2) is 23.9 Å². The van der Waals surface area contributed by atoms with Gasteiger partial charge in [-0.3, -0.25) is 0 Å². The van der Waals surface area contributed by atoms with Crippen molar-refractivity contribution in [1.82, 2.24) is 0 Å². The van der Waals surface area contributed by atoms with E-state index in [0.29, 0.717) is 12.0 Å². The van der Waals surface area contributed by atoms with Crippen molar-refractivity contribution in [3.05, 3.63) is 0 Å². The predicted octanol–water partition coefficient (Wildman–Crippen LogP) is 1.18. The molecule has 60 valence electrons. The summed E-state index contributed by atoms with van der Waals surface area (Å²) in [6, 6.07) is 0. The summed E-state index contributed by atoms with van der Waals surface area (Å²) >= 11 is 0. The predicted molar refractivity (Wildman–Crippen MR) is 39.8 cm³/mol. The van der Waals surface area contributed by atoms with E-state index in [-0.39, 0.29) is 6.10 Å². The molecule has 1 fully saturated rings. The van der Waals surface area contributed by atoms with Gasteiger partial charge in [-0.25, -0.2) is 0 Å². The maximum Gasteiger partial charge on any atom is 0.0550 e. The zero-order valence-electron chi connectivity index (χ0n) is 6.71. The van der Waals surface area contributed by atoms with Gasteiger partial charge in [-0.05, 0) is 32.6 Å². The van der Waals surface area contributed by atoms with Crippen molar-refractivity contribution in [1.29, 1.82) is 0 Å². The monoisotopic (exact) mass is 144 g/mol. The van der Waals surface area contributed by atoms with Gasteiger partial charge in [0.25, 0.3) is 0 Å². The van der Waals surface area contributed by atoms with Crippen LogP contribution in [0.5, 0.6) is 0 Å². The van der Waals surface area contributed by atoms with Crippen molar-refractivity contribution in [2.45, 2.75) is 38.9 Å². The third-order valence-electron chi connectivity index (χ3n) is 2.21. The molecule has 0 saturated carbocycles. The molecule has 2 nitrogen and oxygen atoms in total. The van der Waals surface area contributed by atoms with Crippen LogP contribution in [0.15, 0.2) is 0 Å². The largest absolute Gasteiger partial charge is 0.393 e. The quantitative estimate of drug-likeness (QED) is 0.599. The van der Waals surface area contributed by atoms with Crippen LogP contribution in [0.25, 0.3) is 0 Å². The lowest BCUT2D eigenvalue weighted by atomic mass is 9.92.